The Bertz CT molecular complexity index is 945. The lowest BCUT2D eigenvalue weighted by atomic mass is 10.1. The van der Waals surface area contributed by atoms with Gasteiger partial charge < -0.3 is 14.2 Å². The molecule has 4 rings (SSSR count). The van der Waals surface area contributed by atoms with Gasteiger partial charge in [0.15, 0.2) is 11.5 Å². The summed E-state index contributed by atoms with van der Waals surface area (Å²) in [4.78, 5) is 21.7. The van der Waals surface area contributed by atoms with Gasteiger partial charge in [-0.25, -0.2) is 4.98 Å². The average Bonchev–Trinajstić information content (AvgIpc) is 3.41. The molecule has 1 amide bonds. The molecule has 2 aromatic carbocycles. The smallest absolute Gasteiger partial charge is 0.253 e. The minimum Gasteiger partial charge on any atom is -0.441 e. The highest BCUT2D eigenvalue weighted by molar-refractivity contribution is 5.96. The molecule has 2 heterocycles. The first-order chi connectivity index (χ1) is 14.2. The molecule has 0 unspecified atom stereocenters. The zero-order chi connectivity index (χ0) is 20.1. The fourth-order valence-corrected chi connectivity index (χ4v) is 3.97. The van der Waals surface area contributed by atoms with Gasteiger partial charge in [-0.2, -0.15) is 0 Å². The van der Waals surface area contributed by atoms with Crippen molar-refractivity contribution in [1.29, 1.82) is 0 Å². The van der Waals surface area contributed by atoms with E-state index < -0.39 is 0 Å². The van der Waals surface area contributed by atoms with Gasteiger partial charge in [-0.1, -0.05) is 30.3 Å². The van der Waals surface area contributed by atoms with Crippen molar-refractivity contribution in [3.63, 3.8) is 0 Å². The summed E-state index contributed by atoms with van der Waals surface area (Å²) >= 11 is 0. The molecule has 0 saturated carbocycles. The van der Waals surface area contributed by atoms with Crippen molar-refractivity contribution in [3.8, 4) is 0 Å². The Kier molecular flexibility index (Phi) is 6.25. The minimum atomic E-state index is 0.0437. The standard InChI is InChI=1S/C24H29N3O2/c1-26(14-7-17-27-15-5-6-16-27)24(28)20-11-12-22-21(18-20)25-23(29-22)13-10-19-8-3-2-4-9-19/h2-4,8-9,11-12,18H,5-7,10,13-17H2,1H3. The van der Waals surface area contributed by atoms with E-state index in [0.29, 0.717) is 11.5 Å². The van der Waals surface area contributed by atoms with Gasteiger partial charge in [0.2, 0.25) is 0 Å². The van der Waals surface area contributed by atoms with Gasteiger partial charge >= 0.3 is 0 Å². The maximum atomic E-state index is 12.8. The predicted molar refractivity (Wildman–Crippen MR) is 115 cm³/mol. The van der Waals surface area contributed by atoms with Crippen molar-refractivity contribution < 1.29 is 9.21 Å². The van der Waals surface area contributed by atoms with E-state index in [-0.39, 0.29) is 5.91 Å². The molecule has 0 aliphatic carbocycles. The van der Waals surface area contributed by atoms with Gasteiger partial charge in [-0.15, -0.1) is 0 Å². The first-order valence-corrected chi connectivity index (χ1v) is 10.6. The van der Waals surface area contributed by atoms with E-state index in [2.05, 4.69) is 22.0 Å². The second-order valence-electron chi connectivity index (χ2n) is 7.90. The molecule has 3 aromatic rings. The second kappa shape index (κ2) is 9.23. The third-order valence-corrected chi connectivity index (χ3v) is 5.66. The number of aromatic nitrogens is 1. The van der Waals surface area contributed by atoms with E-state index in [1.54, 1.807) is 0 Å². The van der Waals surface area contributed by atoms with E-state index in [1.165, 1.54) is 31.5 Å². The summed E-state index contributed by atoms with van der Waals surface area (Å²) in [5, 5.41) is 0. The number of likely N-dealkylation sites (tertiary alicyclic amines) is 1. The Balaban J connectivity index is 1.35. The normalized spacial score (nSPS) is 14.5. The molecule has 0 atom stereocenters. The molecule has 29 heavy (non-hydrogen) atoms. The van der Waals surface area contributed by atoms with E-state index in [1.807, 2.05) is 48.3 Å². The first-order valence-electron chi connectivity index (χ1n) is 10.6. The Morgan fingerprint density at radius 2 is 1.90 bits per heavy atom. The quantitative estimate of drug-likeness (QED) is 0.578. The number of carbonyl (C=O) groups is 1. The van der Waals surface area contributed by atoms with Crippen LogP contribution in [-0.4, -0.2) is 53.9 Å². The fourth-order valence-electron chi connectivity index (χ4n) is 3.97. The molecule has 0 N–H and O–H groups in total. The number of fused-ring (bicyclic) bond motifs is 1. The van der Waals surface area contributed by atoms with Crippen molar-refractivity contribution in [2.75, 3.05) is 33.2 Å². The Morgan fingerprint density at radius 1 is 1.10 bits per heavy atom. The summed E-state index contributed by atoms with van der Waals surface area (Å²) in [6.45, 7) is 4.25. The highest BCUT2D eigenvalue weighted by Crippen LogP contribution is 2.19. The first kappa shape index (κ1) is 19.6. The summed E-state index contributed by atoms with van der Waals surface area (Å²) in [6, 6.07) is 15.9. The Labute approximate surface area is 172 Å². The van der Waals surface area contributed by atoms with Crippen LogP contribution in [-0.2, 0) is 12.8 Å². The predicted octanol–water partition coefficient (Wildman–Crippen LogP) is 4.17. The van der Waals surface area contributed by atoms with Crippen molar-refractivity contribution in [2.45, 2.75) is 32.1 Å². The summed E-state index contributed by atoms with van der Waals surface area (Å²) in [7, 11) is 1.88. The van der Waals surface area contributed by atoms with Crippen molar-refractivity contribution in [3.05, 3.63) is 65.5 Å². The lowest BCUT2D eigenvalue weighted by Gasteiger charge is -2.20. The van der Waals surface area contributed by atoms with Crippen LogP contribution in [0.15, 0.2) is 52.9 Å². The number of rotatable bonds is 8. The fraction of sp³-hybridized carbons (Fsp3) is 0.417. The zero-order valence-electron chi connectivity index (χ0n) is 17.1. The zero-order valence-corrected chi connectivity index (χ0v) is 17.1. The third-order valence-electron chi connectivity index (χ3n) is 5.66. The highest BCUT2D eigenvalue weighted by Gasteiger charge is 2.16. The maximum absolute atomic E-state index is 12.8. The molecule has 1 aliphatic heterocycles. The molecule has 1 aromatic heterocycles. The van der Waals surface area contributed by atoms with E-state index >= 15 is 0 Å². The number of hydrogen-bond acceptors (Lipinski definition) is 4. The van der Waals surface area contributed by atoms with Crippen molar-refractivity contribution in [1.82, 2.24) is 14.8 Å². The van der Waals surface area contributed by atoms with Gasteiger partial charge in [0.1, 0.15) is 5.52 Å². The molecule has 0 radical (unpaired) electrons. The van der Waals surface area contributed by atoms with Crippen LogP contribution in [0.5, 0.6) is 0 Å². The van der Waals surface area contributed by atoms with E-state index in [4.69, 9.17) is 4.42 Å². The Hall–Kier alpha value is -2.66. The van der Waals surface area contributed by atoms with Crippen LogP contribution in [0.1, 0.15) is 41.1 Å². The lowest BCUT2D eigenvalue weighted by Crippen LogP contribution is -2.30. The molecule has 0 bridgehead atoms. The number of aryl methyl sites for hydroxylation is 2. The molecule has 1 aliphatic rings. The van der Waals surface area contributed by atoms with Crippen LogP contribution in [0.2, 0.25) is 0 Å². The van der Waals surface area contributed by atoms with Gasteiger partial charge in [-0.05, 0) is 69.1 Å². The van der Waals surface area contributed by atoms with Crippen LogP contribution in [0, 0.1) is 0 Å². The molecular weight excluding hydrogens is 362 g/mol. The van der Waals surface area contributed by atoms with Gasteiger partial charge in [-0.3, -0.25) is 4.79 Å². The average molecular weight is 392 g/mol. The SMILES string of the molecule is CN(CCCN1CCCC1)C(=O)c1ccc2oc(CCc3ccccc3)nc2c1. The molecule has 5 heteroatoms. The summed E-state index contributed by atoms with van der Waals surface area (Å²) < 4.78 is 5.87. The van der Waals surface area contributed by atoms with Crippen LogP contribution >= 0.6 is 0 Å². The van der Waals surface area contributed by atoms with Gasteiger partial charge in [0, 0.05) is 25.6 Å². The summed E-state index contributed by atoms with van der Waals surface area (Å²) in [5.74, 6) is 0.759. The monoisotopic (exact) mass is 391 g/mol. The van der Waals surface area contributed by atoms with Crippen LogP contribution < -0.4 is 0 Å². The largest absolute Gasteiger partial charge is 0.441 e. The van der Waals surface area contributed by atoms with E-state index in [0.717, 1.165) is 43.5 Å². The number of nitrogens with zero attached hydrogens (tertiary/aromatic N) is 3. The second-order valence-corrected chi connectivity index (χ2v) is 7.90. The van der Waals surface area contributed by atoms with Gasteiger partial charge in [0.05, 0.1) is 0 Å². The summed E-state index contributed by atoms with van der Waals surface area (Å²) in [6.07, 6.45) is 5.26. The number of benzene rings is 2. The molecule has 0 spiro atoms. The molecule has 1 fully saturated rings. The number of hydrogen-bond donors (Lipinski definition) is 0. The molecule has 152 valence electrons. The van der Waals surface area contributed by atoms with E-state index in [9.17, 15) is 4.79 Å². The minimum absolute atomic E-state index is 0.0437. The number of amides is 1. The van der Waals surface area contributed by atoms with Crippen LogP contribution in [0.3, 0.4) is 0 Å². The summed E-state index contributed by atoms with van der Waals surface area (Å²) in [5.41, 5.74) is 3.43. The van der Waals surface area contributed by atoms with Crippen LogP contribution in [0.4, 0.5) is 0 Å². The molecular formula is C24H29N3O2. The third kappa shape index (κ3) is 5.04. The molecule has 1 saturated heterocycles. The van der Waals surface area contributed by atoms with Crippen molar-refractivity contribution >= 4 is 17.0 Å². The lowest BCUT2D eigenvalue weighted by molar-refractivity contribution is 0.0790. The van der Waals surface area contributed by atoms with Crippen molar-refractivity contribution in [2.24, 2.45) is 0 Å². The highest BCUT2D eigenvalue weighted by atomic mass is 16.3. The number of oxazole rings is 1. The number of carbonyl (C=O) groups excluding carboxylic acids is 1. The molecule has 5 nitrogen and oxygen atoms in total. The Morgan fingerprint density at radius 3 is 2.69 bits per heavy atom. The topological polar surface area (TPSA) is 49.6 Å². The van der Waals surface area contributed by atoms with Crippen LogP contribution in [0.25, 0.3) is 11.1 Å². The maximum Gasteiger partial charge on any atom is 0.253 e. The van der Waals surface area contributed by atoms with Gasteiger partial charge in [0.25, 0.3) is 5.91 Å².